The number of carboxylic acids is 1. The SMILES string of the molecule is O=C(O)/C=C1\CCCc2c1cnn2-c1ccc(Cl)c(Cl)c1. The number of hydrogen-bond donors (Lipinski definition) is 1. The van der Waals surface area contributed by atoms with Gasteiger partial charge in [0.05, 0.1) is 27.6 Å². The highest BCUT2D eigenvalue weighted by Crippen LogP contribution is 2.33. The fourth-order valence-corrected chi connectivity index (χ4v) is 2.89. The molecule has 1 heterocycles. The summed E-state index contributed by atoms with van der Waals surface area (Å²) in [5.74, 6) is -0.930. The number of carbonyl (C=O) groups is 1. The van der Waals surface area contributed by atoms with E-state index in [4.69, 9.17) is 28.3 Å². The van der Waals surface area contributed by atoms with E-state index >= 15 is 0 Å². The lowest BCUT2D eigenvalue weighted by molar-refractivity contribution is -0.131. The minimum atomic E-state index is -0.930. The van der Waals surface area contributed by atoms with Crippen molar-refractivity contribution in [2.24, 2.45) is 0 Å². The summed E-state index contributed by atoms with van der Waals surface area (Å²) in [6, 6.07) is 5.33. The number of fused-ring (bicyclic) bond motifs is 1. The number of rotatable bonds is 2. The number of hydrogen-bond acceptors (Lipinski definition) is 2. The van der Waals surface area contributed by atoms with Crippen molar-refractivity contribution in [1.82, 2.24) is 9.78 Å². The van der Waals surface area contributed by atoms with Crippen molar-refractivity contribution < 1.29 is 9.90 Å². The van der Waals surface area contributed by atoms with E-state index in [1.54, 1.807) is 23.0 Å². The van der Waals surface area contributed by atoms with Crippen LogP contribution in [0.15, 0.2) is 30.5 Å². The molecule has 1 aromatic carbocycles. The first-order valence-electron chi connectivity index (χ1n) is 6.52. The van der Waals surface area contributed by atoms with Gasteiger partial charge in [-0.1, -0.05) is 23.2 Å². The van der Waals surface area contributed by atoms with Crippen LogP contribution in [-0.2, 0) is 11.2 Å². The molecule has 3 rings (SSSR count). The number of benzene rings is 1. The molecule has 0 atom stereocenters. The lowest BCUT2D eigenvalue weighted by Gasteiger charge is -2.16. The molecular weight excluding hydrogens is 311 g/mol. The van der Waals surface area contributed by atoms with Crippen LogP contribution in [0.4, 0.5) is 0 Å². The molecule has 1 N–H and O–H groups in total. The summed E-state index contributed by atoms with van der Waals surface area (Å²) >= 11 is 12.0. The number of carboxylic acid groups (broad SMARTS) is 1. The average molecular weight is 323 g/mol. The van der Waals surface area contributed by atoms with E-state index in [1.165, 1.54) is 6.08 Å². The standard InChI is InChI=1S/C15H12Cl2N2O2/c16-12-5-4-10(7-13(12)17)19-14-3-1-2-9(6-15(20)21)11(14)8-18-19/h4-8H,1-3H2,(H,20,21)/b9-6+. The third-order valence-electron chi connectivity index (χ3n) is 3.52. The highest BCUT2D eigenvalue weighted by atomic mass is 35.5. The van der Waals surface area contributed by atoms with Crippen molar-refractivity contribution in [1.29, 1.82) is 0 Å². The maximum atomic E-state index is 10.9. The summed E-state index contributed by atoms with van der Waals surface area (Å²) in [5, 5.41) is 14.3. The second kappa shape index (κ2) is 5.54. The van der Waals surface area contributed by atoms with Crippen molar-refractivity contribution in [2.45, 2.75) is 19.3 Å². The Hall–Kier alpha value is -1.78. The molecule has 0 amide bonds. The fourth-order valence-electron chi connectivity index (χ4n) is 2.60. The third kappa shape index (κ3) is 2.69. The molecule has 0 bridgehead atoms. The molecule has 0 unspecified atom stereocenters. The Labute approximate surface area is 131 Å². The first kappa shape index (κ1) is 14.2. The van der Waals surface area contributed by atoms with E-state index in [0.717, 1.165) is 41.8 Å². The molecular formula is C15H12Cl2N2O2. The lowest BCUT2D eigenvalue weighted by Crippen LogP contribution is -2.08. The summed E-state index contributed by atoms with van der Waals surface area (Å²) in [6.07, 6.45) is 5.49. The van der Waals surface area contributed by atoms with Gasteiger partial charge in [-0.05, 0) is 43.0 Å². The molecule has 0 saturated carbocycles. The van der Waals surface area contributed by atoms with E-state index < -0.39 is 5.97 Å². The molecule has 6 heteroatoms. The van der Waals surface area contributed by atoms with E-state index in [9.17, 15) is 4.79 Å². The smallest absolute Gasteiger partial charge is 0.328 e. The van der Waals surface area contributed by atoms with Gasteiger partial charge in [-0.15, -0.1) is 0 Å². The van der Waals surface area contributed by atoms with Crippen LogP contribution >= 0.6 is 23.2 Å². The van der Waals surface area contributed by atoms with Crippen LogP contribution in [0, 0.1) is 0 Å². The zero-order chi connectivity index (χ0) is 15.0. The second-order valence-corrected chi connectivity index (χ2v) is 5.69. The summed E-state index contributed by atoms with van der Waals surface area (Å²) < 4.78 is 1.80. The number of aromatic nitrogens is 2. The van der Waals surface area contributed by atoms with Crippen molar-refractivity contribution in [3.8, 4) is 5.69 Å². The zero-order valence-electron chi connectivity index (χ0n) is 11.0. The number of nitrogens with zero attached hydrogens (tertiary/aromatic N) is 2. The van der Waals surface area contributed by atoms with E-state index in [0.29, 0.717) is 10.0 Å². The molecule has 21 heavy (non-hydrogen) atoms. The molecule has 0 fully saturated rings. The fraction of sp³-hybridized carbons (Fsp3) is 0.200. The molecule has 0 spiro atoms. The molecule has 1 aromatic heterocycles. The van der Waals surface area contributed by atoms with Crippen LogP contribution in [0.3, 0.4) is 0 Å². The Bertz CT molecular complexity index is 750. The summed E-state index contributed by atoms with van der Waals surface area (Å²) in [7, 11) is 0. The van der Waals surface area contributed by atoms with Gasteiger partial charge in [0.2, 0.25) is 0 Å². The highest BCUT2D eigenvalue weighted by molar-refractivity contribution is 6.42. The monoisotopic (exact) mass is 322 g/mol. The van der Waals surface area contributed by atoms with E-state index in [2.05, 4.69) is 5.10 Å². The van der Waals surface area contributed by atoms with Crippen LogP contribution in [0.1, 0.15) is 24.1 Å². The van der Waals surface area contributed by atoms with Crippen LogP contribution in [0.5, 0.6) is 0 Å². The largest absolute Gasteiger partial charge is 0.478 e. The maximum Gasteiger partial charge on any atom is 0.328 e. The Kier molecular flexibility index (Phi) is 3.74. The molecule has 1 aliphatic carbocycles. The highest BCUT2D eigenvalue weighted by Gasteiger charge is 2.20. The zero-order valence-corrected chi connectivity index (χ0v) is 12.5. The minimum Gasteiger partial charge on any atom is -0.478 e. The predicted molar refractivity (Wildman–Crippen MR) is 82.1 cm³/mol. The van der Waals surface area contributed by atoms with Gasteiger partial charge in [-0.3, -0.25) is 0 Å². The Morgan fingerprint density at radius 1 is 1.29 bits per heavy atom. The first-order valence-corrected chi connectivity index (χ1v) is 7.28. The van der Waals surface area contributed by atoms with Crippen molar-refractivity contribution in [3.05, 3.63) is 51.8 Å². The number of halogens is 2. The van der Waals surface area contributed by atoms with Gasteiger partial charge >= 0.3 is 5.97 Å². The Morgan fingerprint density at radius 2 is 2.10 bits per heavy atom. The van der Waals surface area contributed by atoms with Crippen LogP contribution in [0.25, 0.3) is 11.3 Å². The summed E-state index contributed by atoms with van der Waals surface area (Å²) in [6.45, 7) is 0. The number of aliphatic carboxylic acids is 1. The Balaban J connectivity index is 2.09. The maximum absolute atomic E-state index is 10.9. The molecule has 108 valence electrons. The molecule has 0 aliphatic heterocycles. The van der Waals surface area contributed by atoms with Gasteiger partial charge in [-0.25, -0.2) is 9.48 Å². The van der Waals surface area contributed by atoms with Crippen molar-refractivity contribution in [2.75, 3.05) is 0 Å². The van der Waals surface area contributed by atoms with Crippen molar-refractivity contribution >= 4 is 34.7 Å². The number of allylic oxidation sites excluding steroid dienone is 1. The topological polar surface area (TPSA) is 55.1 Å². The van der Waals surface area contributed by atoms with E-state index in [-0.39, 0.29) is 0 Å². The quantitative estimate of drug-likeness (QED) is 0.851. The summed E-state index contributed by atoms with van der Waals surface area (Å²) in [5.41, 5.74) is 3.54. The second-order valence-electron chi connectivity index (χ2n) is 4.88. The molecule has 4 nitrogen and oxygen atoms in total. The lowest BCUT2D eigenvalue weighted by atomic mass is 9.92. The van der Waals surface area contributed by atoms with Gasteiger partial charge < -0.3 is 5.11 Å². The summed E-state index contributed by atoms with van der Waals surface area (Å²) in [4.78, 5) is 10.9. The average Bonchev–Trinajstić information content (AvgIpc) is 2.86. The van der Waals surface area contributed by atoms with Gasteiger partial charge in [0.25, 0.3) is 0 Å². The van der Waals surface area contributed by atoms with Gasteiger partial charge in [-0.2, -0.15) is 5.10 Å². The van der Waals surface area contributed by atoms with E-state index in [1.807, 2.05) is 6.07 Å². The van der Waals surface area contributed by atoms with Crippen LogP contribution in [-0.4, -0.2) is 20.9 Å². The molecule has 2 aromatic rings. The normalized spacial score (nSPS) is 16.0. The first-order chi connectivity index (χ1) is 10.1. The molecule has 0 saturated heterocycles. The molecule has 0 radical (unpaired) electrons. The van der Waals surface area contributed by atoms with Gasteiger partial charge in [0.15, 0.2) is 0 Å². The van der Waals surface area contributed by atoms with Crippen LogP contribution in [0.2, 0.25) is 10.0 Å². The van der Waals surface area contributed by atoms with Crippen molar-refractivity contribution in [3.63, 3.8) is 0 Å². The Morgan fingerprint density at radius 3 is 2.81 bits per heavy atom. The van der Waals surface area contributed by atoms with Gasteiger partial charge in [0.1, 0.15) is 0 Å². The van der Waals surface area contributed by atoms with Gasteiger partial charge in [0, 0.05) is 11.6 Å². The molecule has 1 aliphatic rings. The third-order valence-corrected chi connectivity index (χ3v) is 4.26. The minimum absolute atomic E-state index is 0.468. The predicted octanol–water partition coefficient (Wildman–Crippen LogP) is 3.98. The van der Waals surface area contributed by atoms with Crippen LogP contribution < -0.4 is 0 Å².